The summed E-state index contributed by atoms with van der Waals surface area (Å²) in [6.07, 6.45) is -0.168. The van der Waals surface area contributed by atoms with Crippen LogP contribution in [0.2, 0.25) is 0 Å². The number of benzene rings is 1. The number of carbonyl (C=O) groups excluding carboxylic acids is 1. The van der Waals surface area contributed by atoms with Gasteiger partial charge in [0.1, 0.15) is 0 Å². The Hall–Kier alpha value is -1.39. The number of likely N-dealkylation sites (tertiary alicyclic amines) is 1. The lowest BCUT2D eigenvalue weighted by molar-refractivity contribution is -0.119. The topological polar surface area (TPSA) is 66.6 Å². The largest absolute Gasteiger partial charge is 0.391 e. The van der Waals surface area contributed by atoms with Gasteiger partial charge in [0, 0.05) is 32.0 Å². The van der Waals surface area contributed by atoms with E-state index >= 15 is 0 Å². The maximum absolute atomic E-state index is 10.9. The second-order valence-electron chi connectivity index (χ2n) is 4.68. The highest BCUT2D eigenvalue weighted by Gasteiger charge is 2.31. The Morgan fingerprint density at radius 1 is 1.35 bits per heavy atom. The zero-order valence-electron chi connectivity index (χ0n) is 9.75. The standard InChI is InChI=1S/C13H18N2O2/c14-13(17)6-11-8-15(9-12(11)16)7-10-4-2-1-3-5-10/h1-5,11-12,16H,6-9H2,(H2,14,17)/t11-,12-/m0/s1. The number of β-amino-alcohol motifs (C(OH)–C–C–N with tert-alkyl or cyclic N) is 1. The highest BCUT2D eigenvalue weighted by molar-refractivity contribution is 5.74. The Bertz CT molecular complexity index is 380. The molecule has 0 aliphatic carbocycles. The van der Waals surface area contributed by atoms with Gasteiger partial charge in [0.05, 0.1) is 6.10 Å². The number of hydrogen-bond donors (Lipinski definition) is 2. The van der Waals surface area contributed by atoms with Crippen molar-refractivity contribution in [1.82, 2.24) is 4.90 Å². The summed E-state index contributed by atoms with van der Waals surface area (Å²) >= 11 is 0. The van der Waals surface area contributed by atoms with Gasteiger partial charge < -0.3 is 10.8 Å². The van der Waals surface area contributed by atoms with Gasteiger partial charge in [-0.2, -0.15) is 0 Å². The number of rotatable bonds is 4. The van der Waals surface area contributed by atoms with E-state index in [0.717, 1.165) is 13.1 Å². The van der Waals surface area contributed by atoms with Crippen molar-refractivity contribution in [3.05, 3.63) is 35.9 Å². The van der Waals surface area contributed by atoms with Gasteiger partial charge in [0.15, 0.2) is 0 Å². The van der Waals surface area contributed by atoms with Crippen molar-refractivity contribution in [2.24, 2.45) is 11.7 Å². The van der Waals surface area contributed by atoms with Crippen molar-refractivity contribution in [2.45, 2.75) is 19.1 Å². The molecule has 1 heterocycles. The number of primary amides is 1. The van der Waals surface area contributed by atoms with Crippen LogP contribution >= 0.6 is 0 Å². The fraction of sp³-hybridized carbons (Fsp3) is 0.462. The second-order valence-corrected chi connectivity index (χ2v) is 4.68. The monoisotopic (exact) mass is 234 g/mol. The summed E-state index contributed by atoms with van der Waals surface area (Å²) in [6, 6.07) is 10.1. The molecule has 17 heavy (non-hydrogen) atoms. The molecule has 4 heteroatoms. The van der Waals surface area contributed by atoms with Crippen LogP contribution < -0.4 is 5.73 Å². The Morgan fingerprint density at radius 3 is 2.71 bits per heavy atom. The molecule has 1 saturated heterocycles. The predicted molar refractivity (Wildman–Crippen MR) is 65.0 cm³/mol. The summed E-state index contributed by atoms with van der Waals surface area (Å²) in [4.78, 5) is 13.0. The number of hydrogen-bond acceptors (Lipinski definition) is 3. The molecule has 0 radical (unpaired) electrons. The molecule has 2 rings (SSSR count). The molecule has 1 aromatic carbocycles. The minimum Gasteiger partial charge on any atom is -0.391 e. The molecule has 1 aromatic rings. The molecule has 0 spiro atoms. The third kappa shape index (κ3) is 3.28. The smallest absolute Gasteiger partial charge is 0.217 e. The number of nitrogens with zero attached hydrogens (tertiary/aromatic N) is 1. The van der Waals surface area contributed by atoms with E-state index in [2.05, 4.69) is 17.0 Å². The molecule has 0 saturated carbocycles. The maximum atomic E-state index is 10.9. The van der Waals surface area contributed by atoms with E-state index in [9.17, 15) is 9.90 Å². The van der Waals surface area contributed by atoms with Crippen LogP contribution in [0.25, 0.3) is 0 Å². The van der Waals surface area contributed by atoms with Crippen molar-refractivity contribution >= 4 is 5.91 Å². The van der Waals surface area contributed by atoms with Crippen LogP contribution in [0.4, 0.5) is 0 Å². The minimum atomic E-state index is -0.439. The molecular formula is C13H18N2O2. The molecule has 4 nitrogen and oxygen atoms in total. The number of amides is 1. The Balaban J connectivity index is 1.91. The van der Waals surface area contributed by atoms with Gasteiger partial charge in [-0.15, -0.1) is 0 Å². The van der Waals surface area contributed by atoms with Crippen LogP contribution in [0.3, 0.4) is 0 Å². The molecule has 1 aliphatic rings. The van der Waals surface area contributed by atoms with E-state index in [1.165, 1.54) is 5.56 Å². The summed E-state index contributed by atoms with van der Waals surface area (Å²) in [6.45, 7) is 2.17. The van der Waals surface area contributed by atoms with E-state index < -0.39 is 6.10 Å². The second kappa shape index (κ2) is 5.29. The van der Waals surface area contributed by atoms with Crippen molar-refractivity contribution in [3.8, 4) is 0 Å². The maximum Gasteiger partial charge on any atom is 0.217 e. The summed E-state index contributed by atoms with van der Waals surface area (Å²) in [5, 5.41) is 9.84. The molecule has 0 unspecified atom stereocenters. The zero-order valence-corrected chi connectivity index (χ0v) is 9.75. The lowest BCUT2D eigenvalue weighted by atomic mass is 10.0. The first kappa shape index (κ1) is 12.1. The SMILES string of the molecule is NC(=O)C[C@H]1CN(Cc2ccccc2)C[C@@H]1O. The quantitative estimate of drug-likeness (QED) is 0.790. The first-order valence-corrected chi connectivity index (χ1v) is 5.88. The zero-order chi connectivity index (χ0) is 12.3. The first-order valence-electron chi connectivity index (χ1n) is 5.88. The lowest BCUT2D eigenvalue weighted by Gasteiger charge is -2.15. The van der Waals surface area contributed by atoms with Crippen LogP contribution in [0.15, 0.2) is 30.3 Å². The molecule has 2 atom stereocenters. The van der Waals surface area contributed by atoms with Gasteiger partial charge >= 0.3 is 0 Å². The molecule has 0 bridgehead atoms. The van der Waals surface area contributed by atoms with Crippen LogP contribution in [0, 0.1) is 5.92 Å². The molecule has 1 aliphatic heterocycles. The molecule has 0 aromatic heterocycles. The van der Waals surface area contributed by atoms with Gasteiger partial charge in [-0.1, -0.05) is 30.3 Å². The normalized spacial score (nSPS) is 25.0. The van der Waals surface area contributed by atoms with Crippen molar-refractivity contribution in [1.29, 1.82) is 0 Å². The van der Waals surface area contributed by atoms with E-state index in [-0.39, 0.29) is 18.2 Å². The minimum absolute atomic E-state index is 0.0174. The van der Waals surface area contributed by atoms with Gasteiger partial charge in [-0.3, -0.25) is 9.69 Å². The fourth-order valence-electron chi connectivity index (χ4n) is 2.37. The number of nitrogens with two attached hydrogens (primary N) is 1. The third-order valence-electron chi connectivity index (χ3n) is 3.19. The summed E-state index contributed by atoms with van der Waals surface area (Å²) < 4.78 is 0. The highest BCUT2D eigenvalue weighted by atomic mass is 16.3. The number of carbonyl (C=O) groups is 1. The Labute approximate surface area is 101 Å². The average Bonchev–Trinajstić information content (AvgIpc) is 2.59. The fourth-order valence-corrected chi connectivity index (χ4v) is 2.37. The first-order chi connectivity index (χ1) is 8.15. The molecular weight excluding hydrogens is 216 g/mol. The lowest BCUT2D eigenvalue weighted by Crippen LogP contribution is -2.24. The van der Waals surface area contributed by atoms with Crippen molar-refractivity contribution < 1.29 is 9.90 Å². The van der Waals surface area contributed by atoms with Gasteiger partial charge in [0.2, 0.25) is 5.91 Å². The van der Waals surface area contributed by atoms with Gasteiger partial charge in [-0.25, -0.2) is 0 Å². The van der Waals surface area contributed by atoms with Crippen molar-refractivity contribution in [3.63, 3.8) is 0 Å². The Morgan fingerprint density at radius 2 is 2.06 bits per heavy atom. The molecule has 3 N–H and O–H groups in total. The molecule has 92 valence electrons. The number of aliphatic hydroxyl groups is 1. The van der Waals surface area contributed by atoms with E-state index in [4.69, 9.17) is 5.73 Å². The third-order valence-corrected chi connectivity index (χ3v) is 3.19. The van der Waals surface area contributed by atoms with Crippen LogP contribution in [0.1, 0.15) is 12.0 Å². The van der Waals surface area contributed by atoms with Gasteiger partial charge in [-0.05, 0) is 5.56 Å². The van der Waals surface area contributed by atoms with E-state index in [1.54, 1.807) is 0 Å². The van der Waals surface area contributed by atoms with E-state index in [0.29, 0.717) is 6.54 Å². The highest BCUT2D eigenvalue weighted by Crippen LogP contribution is 2.21. The summed E-state index contributed by atoms with van der Waals surface area (Å²) in [5.74, 6) is -0.355. The molecule has 1 fully saturated rings. The summed E-state index contributed by atoms with van der Waals surface area (Å²) in [7, 11) is 0. The van der Waals surface area contributed by atoms with Gasteiger partial charge in [0.25, 0.3) is 0 Å². The van der Waals surface area contributed by atoms with E-state index in [1.807, 2.05) is 18.2 Å². The average molecular weight is 234 g/mol. The number of aliphatic hydroxyl groups excluding tert-OH is 1. The van der Waals surface area contributed by atoms with Crippen LogP contribution in [-0.4, -0.2) is 35.1 Å². The Kier molecular flexibility index (Phi) is 3.76. The van der Waals surface area contributed by atoms with Crippen molar-refractivity contribution in [2.75, 3.05) is 13.1 Å². The van der Waals surface area contributed by atoms with Crippen LogP contribution in [0.5, 0.6) is 0 Å². The predicted octanol–water partition coefficient (Wildman–Crippen LogP) is 0.355. The molecule has 1 amide bonds. The summed E-state index contributed by atoms with van der Waals surface area (Å²) in [5.41, 5.74) is 6.39. The van der Waals surface area contributed by atoms with Crippen LogP contribution in [-0.2, 0) is 11.3 Å².